The van der Waals surface area contributed by atoms with Gasteiger partial charge in [-0.05, 0) is 49.5 Å². The summed E-state index contributed by atoms with van der Waals surface area (Å²) < 4.78 is 0. The number of hydrogen-bond donors (Lipinski definition) is 1. The van der Waals surface area contributed by atoms with E-state index in [9.17, 15) is 0 Å². The van der Waals surface area contributed by atoms with Gasteiger partial charge in [0.05, 0.1) is 0 Å². The van der Waals surface area contributed by atoms with Crippen LogP contribution in [0.2, 0.25) is 0 Å². The number of rotatable bonds is 7. The second kappa shape index (κ2) is 6.79. The van der Waals surface area contributed by atoms with E-state index >= 15 is 0 Å². The minimum Gasteiger partial charge on any atom is -0.314 e. The maximum Gasteiger partial charge on any atom is 0.00472 e. The molecular formula is C18H36N2. The second-order valence-electron chi connectivity index (χ2n) is 8.39. The van der Waals surface area contributed by atoms with Crippen molar-refractivity contribution in [2.45, 2.75) is 65.8 Å². The first-order chi connectivity index (χ1) is 9.40. The smallest absolute Gasteiger partial charge is 0.00472 e. The molecule has 2 nitrogen and oxygen atoms in total. The first-order valence-corrected chi connectivity index (χ1v) is 8.82. The van der Waals surface area contributed by atoms with Crippen LogP contribution in [0.1, 0.15) is 59.8 Å². The standard InChI is InChI=1S/C18H36N2/c1-14(2)19-12-18(8-6-15(3)7-9-18)13-20(5)11-17-10-16(17)4/h14-17,19H,6-13H2,1-5H3. The van der Waals surface area contributed by atoms with Crippen LogP contribution in [0.25, 0.3) is 0 Å². The van der Waals surface area contributed by atoms with E-state index in [4.69, 9.17) is 0 Å². The Morgan fingerprint density at radius 1 is 1.20 bits per heavy atom. The minimum atomic E-state index is 0.531. The molecule has 0 heterocycles. The summed E-state index contributed by atoms with van der Waals surface area (Å²) in [5.41, 5.74) is 0.531. The fourth-order valence-electron chi connectivity index (χ4n) is 3.88. The van der Waals surface area contributed by atoms with E-state index in [1.165, 1.54) is 51.7 Å². The van der Waals surface area contributed by atoms with Crippen LogP contribution in [-0.2, 0) is 0 Å². The van der Waals surface area contributed by atoms with Crippen molar-refractivity contribution in [1.29, 1.82) is 0 Å². The van der Waals surface area contributed by atoms with Gasteiger partial charge in [-0.2, -0.15) is 0 Å². The summed E-state index contributed by atoms with van der Waals surface area (Å²) in [6.45, 7) is 13.2. The van der Waals surface area contributed by atoms with Crippen LogP contribution in [0.5, 0.6) is 0 Å². The molecule has 2 fully saturated rings. The Bertz CT molecular complexity index is 292. The highest BCUT2D eigenvalue weighted by Crippen LogP contribution is 2.41. The maximum absolute atomic E-state index is 3.73. The van der Waals surface area contributed by atoms with E-state index < -0.39 is 0 Å². The largest absolute Gasteiger partial charge is 0.314 e. The number of nitrogens with one attached hydrogen (secondary N) is 1. The third-order valence-corrected chi connectivity index (χ3v) is 5.65. The van der Waals surface area contributed by atoms with Crippen LogP contribution in [0.15, 0.2) is 0 Å². The molecule has 2 saturated carbocycles. The zero-order chi connectivity index (χ0) is 14.8. The topological polar surface area (TPSA) is 15.3 Å². The van der Waals surface area contributed by atoms with E-state index in [-0.39, 0.29) is 0 Å². The van der Waals surface area contributed by atoms with E-state index in [1.54, 1.807) is 0 Å². The Labute approximate surface area is 126 Å². The summed E-state index contributed by atoms with van der Waals surface area (Å²) in [5, 5.41) is 3.73. The Balaban J connectivity index is 1.87. The molecular weight excluding hydrogens is 244 g/mol. The van der Waals surface area contributed by atoms with Crippen molar-refractivity contribution in [3.8, 4) is 0 Å². The van der Waals surface area contributed by atoms with Crippen molar-refractivity contribution in [2.75, 3.05) is 26.7 Å². The van der Waals surface area contributed by atoms with Gasteiger partial charge in [0.2, 0.25) is 0 Å². The van der Waals surface area contributed by atoms with Crippen LogP contribution < -0.4 is 5.32 Å². The SMILES string of the molecule is CC1CCC(CNC(C)C)(CN(C)CC2CC2C)CC1. The predicted octanol–water partition coefficient (Wildman–Crippen LogP) is 3.77. The van der Waals surface area contributed by atoms with E-state index in [0.717, 1.165) is 17.8 Å². The molecule has 2 rings (SSSR count). The van der Waals surface area contributed by atoms with E-state index in [0.29, 0.717) is 11.5 Å². The molecule has 118 valence electrons. The fraction of sp³-hybridized carbons (Fsp3) is 1.00. The van der Waals surface area contributed by atoms with Crippen molar-refractivity contribution in [1.82, 2.24) is 10.2 Å². The lowest BCUT2D eigenvalue weighted by Crippen LogP contribution is -2.47. The Hall–Kier alpha value is -0.0800. The highest BCUT2D eigenvalue weighted by molar-refractivity contribution is 4.91. The Kier molecular flexibility index (Phi) is 5.53. The van der Waals surface area contributed by atoms with Gasteiger partial charge in [-0.1, -0.05) is 40.5 Å². The monoisotopic (exact) mass is 280 g/mol. The molecule has 2 atom stereocenters. The number of nitrogens with zero attached hydrogens (tertiary/aromatic N) is 1. The van der Waals surface area contributed by atoms with Gasteiger partial charge in [0, 0.05) is 25.7 Å². The quantitative estimate of drug-likeness (QED) is 0.763. The van der Waals surface area contributed by atoms with Crippen LogP contribution >= 0.6 is 0 Å². The van der Waals surface area contributed by atoms with Crippen molar-refractivity contribution < 1.29 is 0 Å². The van der Waals surface area contributed by atoms with Gasteiger partial charge in [0.15, 0.2) is 0 Å². The lowest BCUT2D eigenvalue weighted by molar-refractivity contribution is 0.0941. The van der Waals surface area contributed by atoms with Crippen molar-refractivity contribution in [3.63, 3.8) is 0 Å². The van der Waals surface area contributed by atoms with Crippen LogP contribution in [-0.4, -0.2) is 37.6 Å². The van der Waals surface area contributed by atoms with Crippen molar-refractivity contribution in [3.05, 3.63) is 0 Å². The minimum absolute atomic E-state index is 0.531. The molecule has 0 amide bonds. The molecule has 0 aliphatic heterocycles. The summed E-state index contributed by atoms with van der Waals surface area (Å²) in [5.74, 6) is 2.90. The molecule has 0 radical (unpaired) electrons. The van der Waals surface area contributed by atoms with Crippen LogP contribution in [0.3, 0.4) is 0 Å². The summed E-state index contributed by atoms with van der Waals surface area (Å²) >= 11 is 0. The Morgan fingerprint density at radius 3 is 2.30 bits per heavy atom. The van der Waals surface area contributed by atoms with Crippen molar-refractivity contribution in [2.24, 2.45) is 23.2 Å². The Morgan fingerprint density at radius 2 is 1.80 bits per heavy atom. The molecule has 0 bridgehead atoms. The highest BCUT2D eigenvalue weighted by atomic mass is 15.1. The van der Waals surface area contributed by atoms with Crippen LogP contribution in [0, 0.1) is 23.2 Å². The zero-order valence-electron chi connectivity index (χ0n) is 14.4. The zero-order valence-corrected chi connectivity index (χ0v) is 14.4. The van der Waals surface area contributed by atoms with Crippen molar-refractivity contribution >= 4 is 0 Å². The molecule has 2 aliphatic rings. The maximum atomic E-state index is 3.73. The van der Waals surface area contributed by atoms with Gasteiger partial charge in [0.25, 0.3) is 0 Å². The van der Waals surface area contributed by atoms with Gasteiger partial charge < -0.3 is 10.2 Å². The van der Waals surface area contributed by atoms with E-state index in [2.05, 4.69) is 45.0 Å². The molecule has 0 aromatic heterocycles. The summed E-state index contributed by atoms with van der Waals surface area (Å²) in [6.07, 6.45) is 7.14. The fourth-order valence-corrected chi connectivity index (χ4v) is 3.88. The van der Waals surface area contributed by atoms with Crippen LogP contribution in [0.4, 0.5) is 0 Å². The average molecular weight is 281 g/mol. The molecule has 0 aromatic rings. The first-order valence-electron chi connectivity index (χ1n) is 8.82. The number of hydrogen-bond acceptors (Lipinski definition) is 2. The van der Waals surface area contributed by atoms with E-state index in [1.807, 2.05) is 0 Å². The predicted molar refractivity (Wildman–Crippen MR) is 88.0 cm³/mol. The molecule has 2 heteroatoms. The lowest BCUT2D eigenvalue weighted by atomic mass is 9.70. The van der Waals surface area contributed by atoms with Gasteiger partial charge in [-0.3, -0.25) is 0 Å². The van der Waals surface area contributed by atoms with Gasteiger partial charge in [-0.15, -0.1) is 0 Å². The average Bonchev–Trinajstić information content (AvgIpc) is 3.06. The first kappa shape index (κ1) is 16.3. The molecule has 2 unspecified atom stereocenters. The summed E-state index contributed by atoms with van der Waals surface area (Å²) in [4.78, 5) is 2.63. The molecule has 1 N–H and O–H groups in total. The summed E-state index contributed by atoms with van der Waals surface area (Å²) in [7, 11) is 2.35. The molecule has 0 saturated heterocycles. The third-order valence-electron chi connectivity index (χ3n) is 5.65. The van der Waals surface area contributed by atoms with Gasteiger partial charge in [0.1, 0.15) is 0 Å². The normalized spacial score (nSPS) is 37.6. The molecule has 2 aliphatic carbocycles. The van der Waals surface area contributed by atoms with Gasteiger partial charge in [-0.25, -0.2) is 0 Å². The lowest BCUT2D eigenvalue weighted by Gasteiger charge is -2.42. The molecule has 0 spiro atoms. The van der Waals surface area contributed by atoms with Gasteiger partial charge >= 0.3 is 0 Å². The molecule has 20 heavy (non-hydrogen) atoms. The third kappa shape index (κ3) is 4.73. The summed E-state index contributed by atoms with van der Waals surface area (Å²) in [6, 6.07) is 0.611. The second-order valence-corrected chi connectivity index (χ2v) is 8.39. The molecule has 0 aromatic carbocycles. The highest BCUT2D eigenvalue weighted by Gasteiger charge is 2.38.